The predicted molar refractivity (Wildman–Crippen MR) is 74.8 cm³/mol. The zero-order chi connectivity index (χ0) is 12.5. The number of hydrogen-bond donors (Lipinski definition) is 2. The third kappa shape index (κ3) is 2.14. The van der Waals surface area contributed by atoms with Gasteiger partial charge in [-0.15, -0.1) is 0 Å². The Balaban J connectivity index is 1.85. The van der Waals surface area contributed by atoms with Crippen LogP contribution in [0.1, 0.15) is 23.6 Å². The fourth-order valence-electron chi connectivity index (χ4n) is 2.45. The quantitative estimate of drug-likeness (QED) is 0.642. The van der Waals surface area contributed by atoms with Gasteiger partial charge in [0.2, 0.25) is 0 Å². The lowest BCUT2D eigenvalue weighted by Crippen LogP contribution is -2.08. The first-order valence-electron chi connectivity index (χ1n) is 6.00. The molecule has 0 saturated heterocycles. The van der Waals surface area contributed by atoms with E-state index in [0.29, 0.717) is 11.2 Å². The van der Waals surface area contributed by atoms with Crippen LogP contribution in [-0.4, -0.2) is 4.98 Å². The molecule has 1 unspecified atom stereocenters. The molecule has 3 N–H and O–H groups in total. The normalized spacial score (nSPS) is 17.5. The highest BCUT2D eigenvalue weighted by Crippen LogP contribution is 2.34. The predicted octanol–water partition coefficient (Wildman–Crippen LogP) is 3.42. The molecule has 1 aliphatic carbocycles. The van der Waals surface area contributed by atoms with Crippen LogP contribution in [0.15, 0.2) is 36.4 Å². The summed E-state index contributed by atoms with van der Waals surface area (Å²) in [6.07, 6.45) is 2.12. The molecule has 0 fully saturated rings. The zero-order valence-corrected chi connectivity index (χ0v) is 10.6. The standard InChI is InChI=1S/C14H14ClN3/c15-13-2-1-3-14(18-13)17-12-7-4-9-8-10(16)5-6-11(9)12/h1-3,5-6,8,12H,4,7,16H2,(H,17,18). The summed E-state index contributed by atoms with van der Waals surface area (Å²) < 4.78 is 0. The van der Waals surface area contributed by atoms with Crippen LogP contribution in [0.2, 0.25) is 5.15 Å². The first kappa shape index (κ1) is 11.4. The van der Waals surface area contributed by atoms with Gasteiger partial charge in [0.1, 0.15) is 11.0 Å². The Morgan fingerprint density at radius 1 is 1.28 bits per heavy atom. The number of pyridine rings is 1. The molecule has 0 spiro atoms. The molecule has 0 saturated carbocycles. The highest BCUT2D eigenvalue weighted by Gasteiger charge is 2.22. The minimum absolute atomic E-state index is 0.298. The number of hydrogen-bond acceptors (Lipinski definition) is 3. The molecule has 18 heavy (non-hydrogen) atoms. The van der Waals surface area contributed by atoms with Gasteiger partial charge in [-0.05, 0) is 48.2 Å². The summed E-state index contributed by atoms with van der Waals surface area (Å²) in [4.78, 5) is 4.26. The lowest BCUT2D eigenvalue weighted by atomic mass is 10.1. The molecule has 0 amide bonds. The number of anilines is 2. The highest BCUT2D eigenvalue weighted by molar-refractivity contribution is 6.29. The number of nitrogens with zero attached hydrogens (tertiary/aromatic N) is 1. The molecule has 0 aliphatic heterocycles. The second-order valence-corrected chi connectivity index (χ2v) is 4.93. The summed E-state index contributed by atoms with van der Waals surface area (Å²) in [5.41, 5.74) is 9.27. The third-order valence-corrected chi connectivity index (χ3v) is 3.49. The number of benzene rings is 1. The van der Waals surface area contributed by atoms with Crippen molar-refractivity contribution in [3.05, 3.63) is 52.7 Å². The molecule has 92 valence electrons. The van der Waals surface area contributed by atoms with Gasteiger partial charge in [-0.25, -0.2) is 4.98 Å². The van der Waals surface area contributed by atoms with Crippen LogP contribution >= 0.6 is 11.6 Å². The van der Waals surface area contributed by atoms with E-state index in [0.717, 1.165) is 24.3 Å². The molecule has 1 aliphatic rings. The lowest BCUT2D eigenvalue weighted by Gasteiger charge is -2.15. The van der Waals surface area contributed by atoms with Crippen molar-refractivity contribution < 1.29 is 0 Å². The van der Waals surface area contributed by atoms with E-state index in [1.165, 1.54) is 11.1 Å². The van der Waals surface area contributed by atoms with Gasteiger partial charge in [-0.3, -0.25) is 0 Å². The van der Waals surface area contributed by atoms with Gasteiger partial charge in [0.25, 0.3) is 0 Å². The maximum absolute atomic E-state index is 5.88. The topological polar surface area (TPSA) is 50.9 Å². The summed E-state index contributed by atoms with van der Waals surface area (Å²) in [6, 6.07) is 12.0. The van der Waals surface area contributed by atoms with Gasteiger partial charge in [-0.2, -0.15) is 0 Å². The number of nitrogens with one attached hydrogen (secondary N) is 1. The average Bonchev–Trinajstić information content (AvgIpc) is 2.72. The van der Waals surface area contributed by atoms with Crippen molar-refractivity contribution in [2.45, 2.75) is 18.9 Å². The van der Waals surface area contributed by atoms with Gasteiger partial charge < -0.3 is 11.1 Å². The molecule has 0 radical (unpaired) electrons. The monoisotopic (exact) mass is 259 g/mol. The van der Waals surface area contributed by atoms with E-state index in [9.17, 15) is 0 Å². The molecular formula is C14H14ClN3. The molecule has 2 aromatic rings. The first-order valence-corrected chi connectivity index (χ1v) is 6.37. The summed E-state index contributed by atoms with van der Waals surface area (Å²) in [5.74, 6) is 0.817. The fraction of sp³-hybridized carbons (Fsp3) is 0.214. The molecule has 1 aromatic carbocycles. The van der Waals surface area contributed by atoms with Crippen molar-refractivity contribution in [3.8, 4) is 0 Å². The van der Waals surface area contributed by atoms with Gasteiger partial charge in [0.15, 0.2) is 0 Å². The van der Waals surface area contributed by atoms with Crippen molar-refractivity contribution in [3.63, 3.8) is 0 Å². The summed E-state index contributed by atoms with van der Waals surface area (Å²) in [7, 11) is 0. The SMILES string of the molecule is Nc1ccc2c(c1)CCC2Nc1cccc(Cl)n1. The number of nitrogens with two attached hydrogens (primary N) is 1. The summed E-state index contributed by atoms with van der Waals surface area (Å²) in [5, 5.41) is 3.93. The molecule has 0 bridgehead atoms. The number of halogens is 1. The maximum Gasteiger partial charge on any atom is 0.131 e. The van der Waals surface area contributed by atoms with E-state index in [1.54, 1.807) is 6.07 Å². The van der Waals surface area contributed by atoms with Gasteiger partial charge in [0.05, 0.1) is 6.04 Å². The van der Waals surface area contributed by atoms with E-state index >= 15 is 0 Å². The Hall–Kier alpha value is -1.74. The minimum Gasteiger partial charge on any atom is -0.399 e. The fourth-order valence-corrected chi connectivity index (χ4v) is 2.62. The summed E-state index contributed by atoms with van der Waals surface area (Å²) in [6.45, 7) is 0. The molecule has 1 aromatic heterocycles. The Labute approximate surface area is 111 Å². The third-order valence-electron chi connectivity index (χ3n) is 3.28. The Kier molecular flexibility index (Phi) is 2.84. The van der Waals surface area contributed by atoms with E-state index in [4.69, 9.17) is 17.3 Å². The zero-order valence-electron chi connectivity index (χ0n) is 9.86. The van der Waals surface area contributed by atoms with Crippen LogP contribution in [-0.2, 0) is 6.42 Å². The Morgan fingerprint density at radius 2 is 2.17 bits per heavy atom. The van der Waals surface area contributed by atoms with Crippen LogP contribution in [0.4, 0.5) is 11.5 Å². The molecule has 3 nitrogen and oxygen atoms in total. The Morgan fingerprint density at radius 3 is 3.00 bits per heavy atom. The number of aromatic nitrogens is 1. The second-order valence-electron chi connectivity index (χ2n) is 4.54. The van der Waals surface area contributed by atoms with Crippen molar-refractivity contribution in [2.24, 2.45) is 0 Å². The largest absolute Gasteiger partial charge is 0.399 e. The molecule has 1 heterocycles. The van der Waals surface area contributed by atoms with Gasteiger partial charge in [0, 0.05) is 5.69 Å². The van der Waals surface area contributed by atoms with Crippen molar-refractivity contribution in [2.75, 3.05) is 11.1 Å². The van der Waals surface area contributed by atoms with Gasteiger partial charge in [-0.1, -0.05) is 23.7 Å². The molecule has 1 atom stereocenters. The first-order chi connectivity index (χ1) is 8.72. The van der Waals surface area contributed by atoms with Crippen LogP contribution in [0.3, 0.4) is 0 Å². The van der Waals surface area contributed by atoms with E-state index in [-0.39, 0.29) is 0 Å². The van der Waals surface area contributed by atoms with E-state index in [1.807, 2.05) is 18.2 Å². The smallest absolute Gasteiger partial charge is 0.131 e. The molecule has 4 heteroatoms. The molecule has 3 rings (SSSR count). The molecular weight excluding hydrogens is 246 g/mol. The van der Waals surface area contributed by atoms with Crippen LogP contribution < -0.4 is 11.1 Å². The van der Waals surface area contributed by atoms with Crippen LogP contribution in [0, 0.1) is 0 Å². The van der Waals surface area contributed by atoms with Crippen molar-refractivity contribution in [1.82, 2.24) is 4.98 Å². The summed E-state index contributed by atoms with van der Waals surface area (Å²) >= 11 is 5.88. The van der Waals surface area contributed by atoms with Crippen LogP contribution in [0.25, 0.3) is 0 Å². The number of fused-ring (bicyclic) bond motifs is 1. The van der Waals surface area contributed by atoms with E-state index in [2.05, 4.69) is 22.4 Å². The van der Waals surface area contributed by atoms with Crippen molar-refractivity contribution >= 4 is 23.1 Å². The second kappa shape index (κ2) is 4.50. The number of rotatable bonds is 2. The average molecular weight is 260 g/mol. The highest BCUT2D eigenvalue weighted by atomic mass is 35.5. The van der Waals surface area contributed by atoms with Crippen LogP contribution in [0.5, 0.6) is 0 Å². The number of nitrogen functional groups attached to an aromatic ring is 1. The minimum atomic E-state index is 0.298. The lowest BCUT2D eigenvalue weighted by molar-refractivity contribution is 0.757. The van der Waals surface area contributed by atoms with Crippen molar-refractivity contribution in [1.29, 1.82) is 0 Å². The van der Waals surface area contributed by atoms with Gasteiger partial charge >= 0.3 is 0 Å². The Bertz CT molecular complexity index is 583. The maximum atomic E-state index is 5.88. The number of aryl methyl sites for hydroxylation is 1. The van der Waals surface area contributed by atoms with E-state index < -0.39 is 0 Å².